The summed E-state index contributed by atoms with van der Waals surface area (Å²) in [6.07, 6.45) is -0.920. The average Bonchev–Trinajstić information content (AvgIpc) is 2.54. The molecule has 0 radical (unpaired) electrons. The van der Waals surface area contributed by atoms with Crippen molar-refractivity contribution in [2.45, 2.75) is 13.0 Å². The van der Waals surface area contributed by atoms with Gasteiger partial charge in [-0.15, -0.1) is 0 Å². The topological polar surface area (TPSA) is 78.7 Å². The summed E-state index contributed by atoms with van der Waals surface area (Å²) in [6, 6.07) is 8.90. The number of benzene rings is 2. The van der Waals surface area contributed by atoms with Crippen LogP contribution in [0.2, 0.25) is 0 Å². The molecular formula is C16H14FNO5. The fraction of sp³-hybridized carbons (Fsp3) is 0.188. The van der Waals surface area contributed by atoms with E-state index in [4.69, 9.17) is 9.47 Å². The minimum absolute atomic E-state index is 0.0876. The Morgan fingerprint density at radius 3 is 2.39 bits per heavy atom. The van der Waals surface area contributed by atoms with Gasteiger partial charge in [0.25, 0.3) is 5.69 Å². The van der Waals surface area contributed by atoms with Crippen molar-refractivity contribution in [2.75, 3.05) is 7.11 Å². The lowest BCUT2D eigenvalue weighted by Crippen LogP contribution is -2.24. The lowest BCUT2D eigenvalue weighted by molar-refractivity contribution is -0.385. The number of rotatable bonds is 6. The number of non-ortho nitro benzene ring substituents is 1. The van der Waals surface area contributed by atoms with Gasteiger partial charge in [0.2, 0.25) is 5.78 Å². The fourth-order valence-corrected chi connectivity index (χ4v) is 1.96. The molecular weight excluding hydrogens is 305 g/mol. The van der Waals surface area contributed by atoms with Crippen molar-refractivity contribution in [1.29, 1.82) is 0 Å². The van der Waals surface area contributed by atoms with Gasteiger partial charge in [0, 0.05) is 11.6 Å². The molecule has 2 rings (SSSR count). The number of hydrogen-bond acceptors (Lipinski definition) is 5. The van der Waals surface area contributed by atoms with E-state index in [0.29, 0.717) is 0 Å². The molecule has 0 amide bonds. The van der Waals surface area contributed by atoms with Crippen molar-refractivity contribution < 1.29 is 23.6 Å². The molecule has 0 spiro atoms. The van der Waals surface area contributed by atoms with Gasteiger partial charge in [-0.25, -0.2) is 4.39 Å². The smallest absolute Gasteiger partial charge is 0.273 e. The highest BCUT2D eigenvalue weighted by Gasteiger charge is 2.20. The first-order chi connectivity index (χ1) is 10.9. The Morgan fingerprint density at radius 1 is 1.17 bits per heavy atom. The van der Waals surface area contributed by atoms with Crippen molar-refractivity contribution in [1.82, 2.24) is 0 Å². The Hall–Kier alpha value is -2.96. The molecule has 0 aliphatic carbocycles. The molecule has 0 saturated carbocycles. The number of Topliss-reactive ketones (excluding diaryl/α,β-unsaturated/α-hetero) is 1. The molecule has 0 heterocycles. The zero-order valence-electron chi connectivity index (χ0n) is 12.5. The van der Waals surface area contributed by atoms with Gasteiger partial charge in [0.15, 0.2) is 17.6 Å². The van der Waals surface area contributed by atoms with E-state index in [1.165, 1.54) is 56.5 Å². The maximum atomic E-state index is 12.9. The first-order valence-electron chi connectivity index (χ1n) is 6.71. The minimum atomic E-state index is -0.920. The van der Waals surface area contributed by atoms with E-state index in [0.717, 1.165) is 0 Å². The van der Waals surface area contributed by atoms with Crippen LogP contribution < -0.4 is 9.47 Å². The number of nitrogens with zero attached hydrogens (tertiary/aromatic N) is 1. The summed E-state index contributed by atoms with van der Waals surface area (Å²) in [7, 11) is 1.39. The number of carbonyl (C=O) groups is 1. The third kappa shape index (κ3) is 3.82. The minimum Gasteiger partial charge on any atom is -0.493 e. The lowest BCUT2D eigenvalue weighted by Gasteiger charge is -2.16. The largest absolute Gasteiger partial charge is 0.493 e. The fourth-order valence-electron chi connectivity index (χ4n) is 1.96. The van der Waals surface area contributed by atoms with Crippen molar-refractivity contribution in [3.8, 4) is 11.5 Å². The maximum Gasteiger partial charge on any atom is 0.273 e. The molecule has 0 aromatic heterocycles. The van der Waals surface area contributed by atoms with Crippen LogP contribution in [0.4, 0.5) is 10.1 Å². The summed E-state index contributed by atoms with van der Waals surface area (Å²) < 4.78 is 23.5. The predicted molar refractivity (Wildman–Crippen MR) is 80.5 cm³/mol. The van der Waals surface area contributed by atoms with Crippen LogP contribution >= 0.6 is 0 Å². The first kappa shape index (κ1) is 16.4. The standard InChI is InChI=1S/C16H14FNO5/c1-10(16(19)11-3-5-12(17)6-4-11)23-15-9-13(18(20)21)7-8-14(15)22-2/h3-10H,1-2H3/t10-/m0/s1. The summed E-state index contributed by atoms with van der Waals surface area (Å²) in [6.45, 7) is 1.50. The van der Waals surface area contributed by atoms with E-state index in [1.807, 2.05) is 0 Å². The van der Waals surface area contributed by atoms with E-state index in [2.05, 4.69) is 0 Å². The van der Waals surface area contributed by atoms with Gasteiger partial charge in [0.05, 0.1) is 18.1 Å². The van der Waals surface area contributed by atoms with E-state index in [-0.39, 0.29) is 28.5 Å². The highest BCUT2D eigenvalue weighted by Crippen LogP contribution is 2.32. The maximum absolute atomic E-state index is 12.9. The Labute approximate surface area is 131 Å². The number of halogens is 1. The highest BCUT2D eigenvalue weighted by molar-refractivity contribution is 5.99. The number of methoxy groups -OCH3 is 1. The zero-order chi connectivity index (χ0) is 17.0. The Bertz CT molecular complexity index is 730. The summed E-state index contributed by atoms with van der Waals surface area (Å²) in [5.41, 5.74) is 0.102. The summed E-state index contributed by atoms with van der Waals surface area (Å²) in [5.74, 6) is -0.465. The molecule has 0 aliphatic heterocycles. The van der Waals surface area contributed by atoms with Gasteiger partial charge in [-0.05, 0) is 37.3 Å². The second kappa shape index (κ2) is 6.87. The van der Waals surface area contributed by atoms with Crippen molar-refractivity contribution in [2.24, 2.45) is 0 Å². The number of ether oxygens (including phenoxy) is 2. The van der Waals surface area contributed by atoms with Crippen LogP contribution in [-0.4, -0.2) is 23.9 Å². The molecule has 23 heavy (non-hydrogen) atoms. The second-order valence-corrected chi connectivity index (χ2v) is 4.72. The molecule has 0 aliphatic rings. The van der Waals surface area contributed by atoms with Crippen LogP contribution in [0.5, 0.6) is 11.5 Å². The van der Waals surface area contributed by atoms with Crippen LogP contribution in [0.15, 0.2) is 42.5 Å². The van der Waals surface area contributed by atoms with E-state index in [9.17, 15) is 19.3 Å². The second-order valence-electron chi connectivity index (χ2n) is 4.72. The average molecular weight is 319 g/mol. The number of carbonyl (C=O) groups excluding carboxylic acids is 1. The van der Waals surface area contributed by atoms with Crippen LogP contribution in [0, 0.1) is 15.9 Å². The van der Waals surface area contributed by atoms with Gasteiger partial charge in [0.1, 0.15) is 5.82 Å². The first-order valence-corrected chi connectivity index (χ1v) is 6.71. The van der Waals surface area contributed by atoms with E-state index in [1.54, 1.807) is 0 Å². The molecule has 2 aromatic rings. The van der Waals surface area contributed by atoms with Gasteiger partial charge in [-0.3, -0.25) is 14.9 Å². The van der Waals surface area contributed by atoms with Gasteiger partial charge >= 0.3 is 0 Å². The Kier molecular flexibility index (Phi) is 4.90. The number of ketones is 1. The molecule has 0 N–H and O–H groups in total. The summed E-state index contributed by atoms with van der Waals surface area (Å²) >= 11 is 0. The zero-order valence-corrected chi connectivity index (χ0v) is 12.5. The molecule has 0 fully saturated rings. The molecule has 0 saturated heterocycles. The molecule has 7 heteroatoms. The van der Waals surface area contributed by atoms with Crippen LogP contribution in [-0.2, 0) is 0 Å². The van der Waals surface area contributed by atoms with E-state index < -0.39 is 16.8 Å². The molecule has 0 unspecified atom stereocenters. The normalized spacial score (nSPS) is 11.6. The molecule has 6 nitrogen and oxygen atoms in total. The SMILES string of the molecule is COc1ccc([N+](=O)[O-])cc1O[C@@H](C)C(=O)c1ccc(F)cc1. The predicted octanol–water partition coefficient (Wildman–Crippen LogP) is 3.39. The quantitative estimate of drug-likeness (QED) is 0.463. The monoisotopic (exact) mass is 319 g/mol. The molecule has 1 atom stereocenters. The van der Waals surface area contributed by atoms with Crippen molar-refractivity contribution in [3.63, 3.8) is 0 Å². The Balaban J connectivity index is 2.23. The number of nitro groups is 1. The lowest BCUT2D eigenvalue weighted by atomic mass is 10.1. The summed E-state index contributed by atoms with van der Waals surface area (Å²) in [4.78, 5) is 22.5. The molecule has 0 bridgehead atoms. The van der Waals surface area contributed by atoms with Crippen LogP contribution in [0.3, 0.4) is 0 Å². The summed E-state index contributed by atoms with van der Waals surface area (Å²) in [5, 5.41) is 10.8. The van der Waals surface area contributed by atoms with Crippen LogP contribution in [0.1, 0.15) is 17.3 Å². The van der Waals surface area contributed by atoms with Crippen molar-refractivity contribution in [3.05, 3.63) is 64.0 Å². The van der Waals surface area contributed by atoms with Crippen molar-refractivity contribution >= 4 is 11.5 Å². The number of hydrogen-bond donors (Lipinski definition) is 0. The Morgan fingerprint density at radius 2 is 1.83 bits per heavy atom. The van der Waals surface area contributed by atoms with Gasteiger partial charge in [-0.1, -0.05) is 0 Å². The number of nitro benzene ring substituents is 1. The van der Waals surface area contributed by atoms with Gasteiger partial charge < -0.3 is 9.47 Å². The molecule has 120 valence electrons. The third-order valence-electron chi connectivity index (χ3n) is 3.16. The van der Waals surface area contributed by atoms with Gasteiger partial charge in [-0.2, -0.15) is 0 Å². The third-order valence-corrected chi connectivity index (χ3v) is 3.16. The van der Waals surface area contributed by atoms with Crippen LogP contribution in [0.25, 0.3) is 0 Å². The van der Waals surface area contributed by atoms with E-state index >= 15 is 0 Å². The highest BCUT2D eigenvalue weighted by atomic mass is 19.1. The molecule has 2 aromatic carbocycles.